The van der Waals surface area contributed by atoms with Gasteiger partial charge in [-0.15, -0.1) is 0 Å². The predicted molar refractivity (Wildman–Crippen MR) is 65.7 cm³/mol. The van der Waals surface area contributed by atoms with Gasteiger partial charge in [0.25, 0.3) is 0 Å². The first-order chi connectivity index (χ1) is 8.72. The maximum Gasteiger partial charge on any atom is 0.491 e. The molecule has 0 radical (unpaired) electrons. The van der Waals surface area contributed by atoms with Crippen molar-refractivity contribution in [3.63, 3.8) is 0 Å². The van der Waals surface area contributed by atoms with E-state index in [0.717, 1.165) is 11.0 Å². The van der Waals surface area contributed by atoms with Crippen molar-refractivity contribution in [3.8, 4) is 11.6 Å². The molecule has 0 atom stereocenters. The molecular formula is C12H11BN2O3. The van der Waals surface area contributed by atoms with Gasteiger partial charge in [-0.25, -0.2) is 4.98 Å². The zero-order valence-corrected chi connectivity index (χ0v) is 9.83. The average Bonchev–Trinajstić information content (AvgIpc) is 2.71. The fourth-order valence-electron chi connectivity index (χ4n) is 1.87. The summed E-state index contributed by atoms with van der Waals surface area (Å²) in [5.74, 6) is 1.75. The van der Waals surface area contributed by atoms with Crippen molar-refractivity contribution in [3.05, 3.63) is 41.9 Å². The van der Waals surface area contributed by atoms with Crippen molar-refractivity contribution in [2.24, 2.45) is 0 Å². The Bertz CT molecular complexity index is 591. The van der Waals surface area contributed by atoms with Crippen LogP contribution in [0.2, 0.25) is 0 Å². The summed E-state index contributed by atoms with van der Waals surface area (Å²) in [6.07, 6.45) is 1.64. The minimum atomic E-state index is -0.865. The van der Waals surface area contributed by atoms with E-state index in [1.54, 1.807) is 25.3 Å². The normalized spacial score (nSPS) is 13.6. The topological polar surface area (TPSA) is 64.5 Å². The van der Waals surface area contributed by atoms with Crippen LogP contribution in [-0.4, -0.2) is 22.1 Å². The van der Waals surface area contributed by atoms with Gasteiger partial charge in [0.2, 0.25) is 5.88 Å². The van der Waals surface area contributed by atoms with E-state index in [0.29, 0.717) is 24.1 Å². The van der Waals surface area contributed by atoms with Crippen LogP contribution in [0.1, 0.15) is 11.4 Å². The molecule has 1 aromatic heterocycles. The summed E-state index contributed by atoms with van der Waals surface area (Å²) in [5, 5.41) is 9.61. The molecule has 90 valence electrons. The second kappa shape index (κ2) is 4.40. The Kier molecular flexibility index (Phi) is 2.73. The van der Waals surface area contributed by atoms with Crippen LogP contribution in [0.4, 0.5) is 0 Å². The Morgan fingerprint density at radius 3 is 3.11 bits per heavy atom. The zero-order valence-electron chi connectivity index (χ0n) is 9.83. The van der Waals surface area contributed by atoms with E-state index in [-0.39, 0.29) is 0 Å². The fourth-order valence-corrected chi connectivity index (χ4v) is 1.87. The smallest absolute Gasteiger partial charge is 0.439 e. The van der Waals surface area contributed by atoms with Crippen LogP contribution in [0.15, 0.2) is 30.5 Å². The Labute approximate surface area is 105 Å². The van der Waals surface area contributed by atoms with Crippen LogP contribution in [0.3, 0.4) is 0 Å². The van der Waals surface area contributed by atoms with Gasteiger partial charge >= 0.3 is 7.12 Å². The number of hydrogen-bond acceptors (Lipinski definition) is 5. The fraction of sp³-hybridized carbons (Fsp3) is 0.167. The lowest BCUT2D eigenvalue weighted by atomic mass is 9.79. The highest BCUT2D eigenvalue weighted by molar-refractivity contribution is 6.61. The molecule has 2 heterocycles. The number of ether oxygens (including phenoxy) is 1. The van der Waals surface area contributed by atoms with Crippen LogP contribution in [0.5, 0.6) is 11.6 Å². The van der Waals surface area contributed by atoms with Crippen molar-refractivity contribution in [2.75, 3.05) is 0 Å². The van der Waals surface area contributed by atoms with E-state index < -0.39 is 7.12 Å². The first kappa shape index (κ1) is 11.2. The molecular weight excluding hydrogens is 231 g/mol. The Morgan fingerprint density at radius 1 is 1.39 bits per heavy atom. The summed E-state index contributed by atoms with van der Waals surface area (Å²) in [4.78, 5) is 8.15. The number of aromatic nitrogens is 2. The summed E-state index contributed by atoms with van der Waals surface area (Å²) < 4.78 is 10.7. The number of aryl methyl sites for hydroxylation is 1. The molecule has 1 aliphatic heterocycles. The minimum absolute atomic E-state index is 0.434. The molecule has 18 heavy (non-hydrogen) atoms. The number of nitrogens with zero attached hydrogens (tertiary/aromatic N) is 2. The molecule has 5 nitrogen and oxygen atoms in total. The number of rotatable bonds is 2. The van der Waals surface area contributed by atoms with Gasteiger partial charge in [0, 0.05) is 12.3 Å². The predicted octanol–water partition coefficient (Wildman–Crippen LogP) is 0.795. The van der Waals surface area contributed by atoms with Crippen LogP contribution < -0.4 is 10.2 Å². The lowest BCUT2D eigenvalue weighted by Gasteiger charge is -2.06. The van der Waals surface area contributed by atoms with Gasteiger partial charge < -0.3 is 14.4 Å². The van der Waals surface area contributed by atoms with Crippen LogP contribution >= 0.6 is 0 Å². The molecule has 0 bridgehead atoms. The van der Waals surface area contributed by atoms with E-state index in [2.05, 4.69) is 9.97 Å². The van der Waals surface area contributed by atoms with Crippen molar-refractivity contribution >= 4 is 12.6 Å². The van der Waals surface area contributed by atoms with Crippen molar-refractivity contribution in [1.29, 1.82) is 0 Å². The summed E-state index contributed by atoms with van der Waals surface area (Å²) in [6.45, 7) is 2.23. The van der Waals surface area contributed by atoms with Crippen molar-refractivity contribution in [1.82, 2.24) is 9.97 Å². The Morgan fingerprint density at radius 2 is 2.28 bits per heavy atom. The lowest BCUT2D eigenvalue weighted by molar-refractivity contribution is 0.275. The standard InChI is InChI=1S/C12H11BN2O3/c1-8-14-5-4-12(15-8)18-10-3-2-9-7-17-13(16)11(9)6-10/h2-6,16H,7H2,1H3. The third-order valence-corrected chi connectivity index (χ3v) is 2.75. The van der Waals surface area contributed by atoms with E-state index in [9.17, 15) is 5.02 Å². The highest BCUT2D eigenvalue weighted by Gasteiger charge is 2.27. The molecule has 3 rings (SSSR count). The van der Waals surface area contributed by atoms with E-state index in [4.69, 9.17) is 9.39 Å². The van der Waals surface area contributed by atoms with Crippen molar-refractivity contribution in [2.45, 2.75) is 13.5 Å². The molecule has 0 amide bonds. The Hall–Kier alpha value is -1.92. The highest BCUT2D eigenvalue weighted by Crippen LogP contribution is 2.21. The van der Waals surface area contributed by atoms with Crippen molar-refractivity contribution < 1.29 is 14.4 Å². The van der Waals surface area contributed by atoms with Gasteiger partial charge in [-0.05, 0) is 30.1 Å². The summed E-state index contributed by atoms with van der Waals surface area (Å²) in [5.41, 5.74) is 1.73. The van der Waals surface area contributed by atoms with Gasteiger partial charge in [0.15, 0.2) is 0 Å². The maximum absolute atomic E-state index is 9.61. The number of hydrogen-bond donors (Lipinski definition) is 1. The summed E-state index contributed by atoms with van der Waals surface area (Å²) in [6, 6.07) is 7.17. The molecule has 0 fully saturated rings. The molecule has 0 aliphatic carbocycles. The van der Waals surface area contributed by atoms with Crippen LogP contribution in [0, 0.1) is 6.92 Å². The van der Waals surface area contributed by atoms with Gasteiger partial charge in [-0.1, -0.05) is 6.07 Å². The van der Waals surface area contributed by atoms with Crippen LogP contribution in [0.25, 0.3) is 0 Å². The van der Waals surface area contributed by atoms with Gasteiger partial charge in [0.1, 0.15) is 11.6 Å². The molecule has 1 aliphatic rings. The third kappa shape index (κ3) is 2.08. The quantitative estimate of drug-likeness (QED) is 0.789. The summed E-state index contributed by atoms with van der Waals surface area (Å²) in [7, 11) is -0.865. The van der Waals surface area contributed by atoms with E-state index >= 15 is 0 Å². The van der Waals surface area contributed by atoms with Crippen LogP contribution in [-0.2, 0) is 11.3 Å². The molecule has 1 N–H and O–H groups in total. The van der Waals surface area contributed by atoms with Gasteiger partial charge in [-0.3, -0.25) is 0 Å². The third-order valence-electron chi connectivity index (χ3n) is 2.75. The van der Waals surface area contributed by atoms with Gasteiger partial charge in [-0.2, -0.15) is 4.98 Å². The first-order valence-electron chi connectivity index (χ1n) is 5.62. The SMILES string of the molecule is Cc1nccc(Oc2ccc3c(c2)B(O)OC3)n1. The molecule has 6 heteroatoms. The second-order valence-electron chi connectivity index (χ2n) is 4.07. The maximum atomic E-state index is 9.61. The molecule has 2 aromatic rings. The molecule has 0 saturated carbocycles. The van der Waals surface area contributed by atoms with Gasteiger partial charge in [0.05, 0.1) is 6.61 Å². The molecule has 0 unspecified atom stereocenters. The number of fused-ring (bicyclic) bond motifs is 1. The lowest BCUT2D eigenvalue weighted by Crippen LogP contribution is -2.27. The largest absolute Gasteiger partial charge is 0.491 e. The minimum Gasteiger partial charge on any atom is -0.439 e. The van der Waals surface area contributed by atoms with E-state index in [1.807, 2.05) is 12.1 Å². The zero-order chi connectivity index (χ0) is 12.5. The second-order valence-corrected chi connectivity index (χ2v) is 4.07. The Balaban J connectivity index is 1.88. The number of benzene rings is 1. The molecule has 1 aromatic carbocycles. The first-order valence-corrected chi connectivity index (χ1v) is 5.62. The van der Waals surface area contributed by atoms with E-state index in [1.165, 1.54) is 0 Å². The highest BCUT2D eigenvalue weighted by atomic mass is 16.5. The summed E-state index contributed by atoms with van der Waals surface area (Å²) >= 11 is 0. The average molecular weight is 242 g/mol. The molecule has 0 saturated heterocycles. The molecule has 0 spiro atoms. The monoisotopic (exact) mass is 242 g/mol.